The van der Waals surface area contributed by atoms with Gasteiger partial charge in [-0.3, -0.25) is 9.78 Å². The first kappa shape index (κ1) is 12.6. The van der Waals surface area contributed by atoms with Crippen LogP contribution in [0.15, 0.2) is 41.1 Å². The molecule has 92 valence electrons. The Balaban J connectivity index is 2.24. The third kappa shape index (κ3) is 2.89. The van der Waals surface area contributed by atoms with Gasteiger partial charge in [-0.05, 0) is 34.1 Å². The highest BCUT2D eigenvalue weighted by Gasteiger charge is 2.10. The van der Waals surface area contributed by atoms with Crippen LogP contribution in [-0.4, -0.2) is 10.9 Å². The van der Waals surface area contributed by atoms with Crippen LogP contribution >= 0.6 is 15.9 Å². The summed E-state index contributed by atoms with van der Waals surface area (Å²) < 4.78 is 26.9. The van der Waals surface area contributed by atoms with E-state index in [9.17, 15) is 13.6 Å². The average molecular weight is 313 g/mol. The molecule has 0 aliphatic heterocycles. The molecule has 0 saturated heterocycles. The predicted molar refractivity (Wildman–Crippen MR) is 66.2 cm³/mol. The van der Waals surface area contributed by atoms with Crippen LogP contribution in [0.4, 0.5) is 14.5 Å². The van der Waals surface area contributed by atoms with Crippen molar-refractivity contribution in [2.75, 3.05) is 5.32 Å². The summed E-state index contributed by atoms with van der Waals surface area (Å²) >= 11 is 3.17. The summed E-state index contributed by atoms with van der Waals surface area (Å²) in [6, 6.07) is 4.37. The molecule has 1 heterocycles. The van der Waals surface area contributed by atoms with Gasteiger partial charge in [-0.2, -0.15) is 0 Å². The molecule has 6 heteroatoms. The van der Waals surface area contributed by atoms with Crippen LogP contribution in [0.1, 0.15) is 10.4 Å². The minimum absolute atomic E-state index is 0.208. The fourth-order valence-corrected chi connectivity index (χ4v) is 1.69. The van der Waals surface area contributed by atoms with Crippen LogP contribution in [0.25, 0.3) is 0 Å². The molecule has 0 aliphatic carbocycles. The van der Waals surface area contributed by atoms with Gasteiger partial charge in [0, 0.05) is 22.9 Å². The zero-order valence-electron chi connectivity index (χ0n) is 8.95. The molecule has 0 bridgehead atoms. The molecule has 0 aliphatic rings. The first-order valence-corrected chi connectivity index (χ1v) is 5.72. The molecule has 18 heavy (non-hydrogen) atoms. The van der Waals surface area contributed by atoms with Crippen LogP contribution in [0, 0.1) is 11.6 Å². The van der Waals surface area contributed by atoms with Crippen LogP contribution in [0.5, 0.6) is 0 Å². The van der Waals surface area contributed by atoms with Crippen LogP contribution < -0.4 is 5.32 Å². The topological polar surface area (TPSA) is 42.0 Å². The number of rotatable bonds is 2. The van der Waals surface area contributed by atoms with Crippen molar-refractivity contribution in [1.29, 1.82) is 0 Å². The van der Waals surface area contributed by atoms with E-state index in [4.69, 9.17) is 0 Å². The van der Waals surface area contributed by atoms with E-state index < -0.39 is 17.5 Å². The number of aromatic nitrogens is 1. The summed E-state index contributed by atoms with van der Waals surface area (Å²) in [5.74, 6) is -1.89. The minimum Gasteiger partial charge on any atom is -0.319 e. The van der Waals surface area contributed by atoms with Gasteiger partial charge in [0.25, 0.3) is 5.91 Å². The van der Waals surface area contributed by atoms with Crippen molar-refractivity contribution in [1.82, 2.24) is 4.98 Å². The third-order valence-corrected chi connectivity index (χ3v) is 2.58. The van der Waals surface area contributed by atoms with Crippen molar-refractivity contribution in [3.05, 3.63) is 58.3 Å². The molecule has 1 N–H and O–H groups in total. The molecule has 2 aromatic rings. The number of halogens is 3. The Morgan fingerprint density at radius 1 is 1.22 bits per heavy atom. The number of benzene rings is 1. The average Bonchev–Trinajstić information content (AvgIpc) is 2.34. The smallest absolute Gasteiger partial charge is 0.257 e. The highest BCUT2D eigenvalue weighted by Crippen LogP contribution is 2.17. The van der Waals surface area contributed by atoms with Gasteiger partial charge in [0.1, 0.15) is 11.6 Å². The van der Waals surface area contributed by atoms with Crippen LogP contribution in [-0.2, 0) is 0 Å². The highest BCUT2D eigenvalue weighted by atomic mass is 79.9. The molecular formula is C12H7BrF2N2O. The fraction of sp³-hybridized carbons (Fsp3) is 0. The van der Waals surface area contributed by atoms with E-state index in [2.05, 4.69) is 26.2 Å². The second-order valence-corrected chi connectivity index (χ2v) is 4.39. The highest BCUT2D eigenvalue weighted by molar-refractivity contribution is 9.10. The number of nitrogens with one attached hydrogen (secondary N) is 1. The molecule has 1 aromatic carbocycles. The summed E-state index contributed by atoms with van der Waals surface area (Å²) in [6.45, 7) is 0. The van der Waals surface area contributed by atoms with Gasteiger partial charge in [-0.1, -0.05) is 0 Å². The summed E-state index contributed by atoms with van der Waals surface area (Å²) in [5, 5.41) is 2.28. The van der Waals surface area contributed by atoms with Crippen molar-refractivity contribution in [2.45, 2.75) is 0 Å². The maximum Gasteiger partial charge on any atom is 0.257 e. The molecule has 0 saturated carbocycles. The van der Waals surface area contributed by atoms with Crippen molar-refractivity contribution < 1.29 is 13.6 Å². The molecule has 0 atom stereocenters. The predicted octanol–water partition coefficient (Wildman–Crippen LogP) is 3.37. The third-order valence-electron chi connectivity index (χ3n) is 2.14. The number of pyridine rings is 1. The van der Waals surface area contributed by atoms with Gasteiger partial charge >= 0.3 is 0 Å². The lowest BCUT2D eigenvalue weighted by Crippen LogP contribution is -2.13. The lowest BCUT2D eigenvalue weighted by atomic mass is 10.2. The molecular weight excluding hydrogens is 306 g/mol. The number of hydrogen-bond donors (Lipinski definition) is 1. The molecule has 0 unspecified atom stereocenters. The van der Waals surface area contributed by atoms with Crippen LogP contribution in [0.2, 0.25) is 0 Å². The number of carbonyl (C=O) groups excluding carboxylic acids is 1. The Morgan fingerprint density at radius 3 is 2.72 bits per heavy atom. The minimum atomic E-state index is -0.701. The van der Waals surface area contributed by atoms with Gasteiger partial charge in [0.15, 0.2) is 0 Å². The summed E-state index contributed by atoms with van der Waals surface area (Å²) in [5.41, 5.74) is 0.0352. The molecule has 1 aromatic heterocycles. The molecule has 2 rings (SSSR count). The van der Waals surface area contributed by atoms with Gasteiger partial charge in [0.05, 0.1) is 11.3 Å². The van der Waals surface area contributed by atoms with E-state index >= 15 is 0 Å². The van der Waals surface area contributed by atoms with E-state index in [-0.39, 0.29) is 11.3 Å². The lowest BCUT2D eigenvalue weighted by molar-refractivity contribution is 0.102. The summed E-state index contributed by atoms with van der Waals surface area (Å²) in [4.78, 5) is 15.6. The van der Waals surface area contributed by atoms with E-state index in [0.29, 0.717) is 4.47 Å². The maximum atomic E-state index is 13.3. The van der Waals surface area contributed by atoms with Crippen molar-refractivity contribution >= 4 is 27.5 Å². The Labute approximate surface area is 110 Å². The zero-order chi connectivity index (χ0) is 13.1. The van der Waals surface area contributed by atoms with Crippen molar-refractivity contribution in [3.63, 3.8) is 0 Å². The van der Waals surface area contributed by atoms with Gasteiger partial charge in [0.2, 0.25) is 0 Å². The SMILES string of the molecule is O=C(Nc1cc(F)ccc1F)c1cncc(Br)c1. The number of hydrogen-bond acceptors (Lipinski definition) is 2. The van der Waals surface area contributed by atoms with E-state index in [1.165, 1.54) is 18.5 Å². The Kier molecular flexibility index (Phi) is 3.66. The normalized spacial score (nSPS) is 10.2. The van der Waals surface area contributed by atoms with Gasteiger partial charge in [-0.15, -0.1) is 0 Å². The quantitative estimate of drug-likeness (QED) is 0.923. The molecule has 1 amide bonds. The van der Waals surface area contributed by atoms with Crippen molar-refractivity contribution in [2.24, 2.45) is 0 Å². The second-order valence-electron chi connectivity index (χ2n) is 3.47. The molecule has 0 spiro atoms. The summed E-state index contributed by atoms with van der Waals surface area (Å²) in [7, 11) is 0. The lowest BCUT2D eigenvalue weighted by Gasteiger charge is -2.06. The summed E-state index contributed by atoms with van der Waals surface area (Å²) in [6.07, 6.45) is 2.84. The number of anilines is 1. The number of nitrogens with zero attached hydrogens (tertiary/aromatic N) is 1. The molecule has 0 radical (unpaired) electrons. The zero-order valence-corrected chi connectivity index (χ0v) is 10.5. The molecule has 3 nitrogen and oxygen atoms in total. The Hall–Kier alpha value is -1.82. The second kappa shape index (κ2) is 5.22. The maximum absolute atomic E-state index is 13.3. The van der Waals surface area contributed by atoms with Crippen LogP contribution in [0.3, 0.4) is 0 Å². The number of amides is 1. The van der Waals surface area contributed by atoms with Gasteiger partial charge in [-0.25, -0.2) is 8.78 Å². The Morgan fingerprint density at radius 2 is 2.00 bits per heavy atom. The first-order valence-electron chi connectivity index (χ1n) is 4.93. The Bertz CT molecular complexity index is 604. The standard InChI is InChI=1S/C12H7BrF2N2O/c13-8-3-7(5-16-6-8)12(18)17-11-4-9(14)1-2-10(11)15/h1-6H,(H,17,18). The largest absolute Gasteiger partial charge is 0.319 e. The fourth-order valence-electron chi connectivity index (χ4n) is 1.32. The molecule has 0 fully saturated rings. The van der Waals surface area contributed by atoms with Crippen molar-refractivity contribution in [3.8, 4) is 0 Å². The monoisotopic (exact) mass is 312 g/mol. The van der Waals surface area contributed by atoms with Gasteiger partial charge < -0.3 is 5.32 Å². The van der Waals surface area contributed by atoms with E-state index in [1.807, 2.05) is 0 Å². The van der Waals surface area contributed by atoms with E-state index in [0.717, 1.165) is 18.2 Å². The van der Waals surface area contributed by atoms with E-state index in [1.54, 1.807) is 0 Å². The number of carbonyl (C=O) groups is 1. The first-order chi connectivity index (χ1) is 8.56.